The van der Waals surface area contributed by atoms with Crippen LogP contribution in [0.5, 0.6) is 0 Å². The van der Waals surface area contributed by atoms with E-state index in [9.17, 15) is 4.39 Å². The number of hydrogen-bond donors (Lipinski definition) is 2. The summed E-state index contributed by atoms with van der Waals surface area (Å²) >= 11 is 0. The van der Waals surface area contributed by atoms with Crippen molar-refractivity contribution in [3.8, 4) is 11.3 Å². The number of aromatic nitrogens is 2. The van der Waals surface area contributed by atoms with Crippen molar-refractivity contribution in [3.05, 3.63) is 60.5 Å². The van der Waals surface area contributed by atoms with Gasteiger partial charge in [0.1, 0.15) is 12.5 Å². The number of piperazine rings is 1. The third-order valence-electron chi connectivity index (χ3n) is 7.04. The highest BCUT2D eigenvalue weighted by atomic mass is 19.1. The van der Waals surface area contributed by atoms with Crippen molar-refractivity contribution in [3.63, 3.8) is 0 Å². The van der Waals surface area contributed by atoms with Crippen LogP contribution in [0.3, 0.4) is 0 Å². The van der Waals surface area contributed by atoms with E-state index in [-0.39, 0.29) is 5.82 Å². The van der Waals surface area contributed by atoms with Crippen molar-refractivity contribution in [1.82, 2.24) is 25.2 Å². The molecule has 3 aliphatic heterocycles. The van der Waals surface area contributed by atoms with Gasteiger partial charge in [-0.15, -0.1) is 0 Å². The molecule has 11 heteroatoms. The summed E-state index contributed by atoms with van der Waals surface area (Å²) in [7, 11) is 2.15. The molecule has 2 saturated heterocycles. The Morgan fingerprint density at radius 1 is 0.895 bits per heavy atom. The quantitative estimate of drug-likeness (QED) is 0.531. The van der Waals surface area contributed by atoms with Crippen LogP contribution in [0.4, 0.5) is 27.4 Å². The van der Waals surface area contributed by atoms with Crippen LogP contribution in [0.1, 0.15) is 0 Å². The predicted octanol–water partition coefficient (Wildman–Crippen LogP) is 2.75. The van der Waals surface area contributed by atoms with Crippen molar-refractivity contribution in [1.29, 1.82) is 0 Å². The molecule has 1 aromatic heterocycles. The third-order valence-corrected chi connectivity index (χ3v) is 7.04. The number of ether oxygens (including phenoxy) is 1. The number of morpholine rings is 1. The van der Waals surface area contributed by atoms with Crippen molar-refractivity contribution >= 4 is 29.0 Å². The molecule has 0 aliphatic carbocycles. The van der Waals surface area contributed by atoms with Gasteiger partial charge in [-0.25, -0.2) is 19.4 Å². The Morgan fingerprint density at radius 2 is 1.68 bits per heavy atom. The minimum atomic E-state index is -0.289. The molecular weight excluding hydrogens is 485 g/mol. The lowest BCUT2D eigenvalue weighted by Gasteiger charge is -2.34. The Hall–Kier alpha value is -3.96. The van der Waals surface area contributed by atoms with E-state index in [0.29, 0.717) is 37.1 Å². The number of nitrogens with zero attached hydrogens (tertiary/aromatic N) is 7. The molecule has 0 bridgehead atoms. The Bertz CT molecular complexity index is 1290. The molecule has 0 atom stereocenters. The first-order valence-electron chi connectivity index (χ1n) is 13.0. The summed E-state index contributed by atoms with van der Waals surface area (Å²) in [6, 6.07) is 14.9. The molecular formula is C27H32FN9O. The van der Waals surface area contributed by atoms with E-state index >= 15 is 0 Å². The van der Waals surface area contributed by atoms with Crippen LogP contribution in [0.2, 0.25) is 0 Å². The molecule has 0 spiro atoms. The smallest absolute Gasteiger partial charge is 0.227 e. The normalized spacial score (nSPS) is 18.4. The molecule has 3 aliphatic rings. The average Bonchev–Trinajstić information content (AvgIpc) is 3.45. The fourth-order valence-corrected chi connectivity index (χ4v) is 4.82. The van der Waals surface area contributed by atoms with Crippen LogP contribution in [-0.4, -0.2) is 91.9 Å². The van der Waals surface area contributed by atoms with E-state index in [0.717, 1.165) is 62.3 Å². The number of aliphatic imine (C=N–C) groups is 1. The van der Waals surface area contributed by atoms with Crippen LogP contribution in [0.15, 0.2) is 59.7 Å². The van der Waals surface area contributed by atoms with Crippen LogP contribution in [-0.2, 0) is 4.74 Å². The van der Waals surface area contributed by atoms with Crippen molar-refractivity contribution in [2.45, 2.75) is 0 Å². The van der Waals surface area contributed by atoms with E-state index in [2.05, 4.69) is 47.5 Å². The molecule has 198 valence electrons. The molecule has 2 aromatic carbocycles. The molecule has 4 heterocycles. The van der Waals surface area contributed by atoms with Gasteiger partial charge >= 0.3 is 0 Å². The van der Waals surface area contributed by atoms with E-state index in [1.165, 1.54) is 6.07 Å². The molecule has 3 aromatic rings. The van der Waals surface area contributed by atoms with Gasteiger partial charge in [0, 0.05) is 62.4 Å². The van der Waals surface area contributed by atoms with E-state index in [1.807, 2.05) is 35.3 Å². The lowest BCUT2D eigenvalue weighted by atomic mass is 10.1. The number of halogens is 1. The minimum Gasteiger partial charge on any atom is -0.378 e. The topological polar surface area (TPSA) is 84.4 Å². The zero-order chi connectivity index (χ0) is 25.9. The lowest BCUT2D eigenvalue weighted by Crippen LogP contribution is -2.52. The molecule has 0 amide bonds. The number of hydrazine groups is 1. The summed E-state index contributed by atoms with van der Waals surface area (Å²) in [4.78, 5) is 20.5. The summed E-state index contributed by atoms with van der Waals surface area (Å²) in [6.45, 7) is 7.37. The maximum Gasteiger partial charge on any atom is 0.227 e. The molecule has 10 nitrogen and oxygen atoms in total. The summed E-state index contributed by atoms with van der Waals surface area (Å²) < 4.78 is 19.9. The standard InChI is InChI=1S/C27H32FN9O/c1-34-8-10-36(11-9-34)27-30-19-37(33-27)23-4-2-22(3-5-23)31-26-29-7-6-25(32-26)20-16-21(28)18-24(17-20)35-12-14-38-15-13-35/h2-7,16-18H,8-15,19H2,1H3,(H,30,33)(H,29,31,32). The summed E-state index contributed by atoms with van der Waals surface area (Å²) in [5, 5.41) is 5.30. The van der Waals surface area contributed by atoms with Crippen molar-refractivity contribution in [2.75, 3.05) is 81.4 Å². The second-order valence-electron chi connectivity index (χ2n) is 9.69. The monoisotopic (exact) mass is 517 g/mol. The Labute approximate surface area is 221 Å². The number of rotatable bonds is 5. The number of anilines is 4. The first kappa shape index (κ1) is 24.4. The van der Waals surface area contributed by atoms with Gasteiger partial charge in [-0.2, -0.15) is 0 Å². The van der Waals surface area contributed by atoms with E-state index < -0.39 is 0 Å². The highest BCUT2D eigenvalue weighted by Crippen LogP contribution is 2.27. The van der Waals surface area contributed by atoms with Crippen LogP contribution in [0.25, 0.3) is 11.3 Å². The third kappa shape index (κ3) is 5.48. The maximum absolute atomic E-state index is 14.5. The molecule has 2 N–H and O–H groups in total. The van der Waals surface area contributed by atoms with Crippen molar-refractivity contribution < 1.29 is 9.13 Å². The number of hydrogen-bond acceptors (Lipinski definition) is 10. The minimum absolute atomic E-state index is 0.289. The van der Waals surface area contributed by atoms with Crippen LogP contribution < -0.4 is 20.7 Å². The number of guanidine groups is 1. The zero-order valence-electron chi connectivity index (χ0n) is 21.5. The lowest BCUT2D eigenvalue weighted by molar-refractivity contribution is 0.122. The SMILES string of the molecule is CN1CCN(C2=NCN(c3ccc(Nc4nccc(-c5cc(F)cc(N6CCOCC6)c5)n4)cc3)N2)CC1. The van der Waals surface area contributed by atoms with Gasteiger partial charge in [-0.3, -0.25) is 10.4 Å². The van der Waals surface area contributed by atoms with Gasteiger partial charge in [-0.05, 0) is 55.6 Å². The molecule has 6 rings (SSSR count). The highest BCUT2D eigenvalue weighted by molar-refractivity contribution is 5.84. The van der Waals surface area contributed by atoms with Gasteiger partial charge in [0.05, 0.1) is 24.6 Å². The molecule has 0 saturated carbocycles. The second kappa shape index (κ2) is 10.8. The van der Waals surface area contributed by atoms with Gasteiger partial charge < -0.3 is 24.8 Å². The Morgan fingerprint density at radius 3 is 2.47 bits per heavy atom. The maximum atomic E-state index is 14.5. The summed E-state index contributed by atoms with van der Waals surface area (Å²) in [5.41, 5.74) is 7.51. The number of likely N-dealkylation sites (N-methyl/N-ethyl adjacent to an activating group) is 1. The number of nitrogens with one attached hydrogen (secondary N) is 2. The largest absolute Gasteiger partial charge is 0.378 e. The summed E-state index contributed by atoms with van der Waals surface area (Å²) in [5.74, 6) is 1.09. The number of benzene rings is 2. The first-order valence-corrected chi connectivity index (χ1v) is 13.0. The molecule has 38 heavy (non-hydrogen) atoms. The Kier molecular flexibility index (Phi) is 6.93. The second-order valence-corrected chi connectivity index (χ2v) is 9.69. The van der Waals surface area contributed by atoms with Crippen molar-refractivity contribution in [2.24, 2.45) is 4.99 Å². The fourth-order valence-electron chi connectivity index (χ4n) is 4.82. The highest BCUT2D eigenvalue weighted by Gasteiger charge is 2.23. The van der Waals surface area contributed by atoms with E-state index in [4.69, 9.17) is 4.74 Å². The van der Waals surface area contributed by atoms with Gasteiger partial charge in [0.2, 0.25) is 11.9 Å². The molecule has 2 fully saturated rings. The van der Waals surface area contributed by atoms with Crippen LogP contribution >= 0.6 is 0 Å². The molecule has 0 radical (unpaired) electrons. The van der Waals surface area contributed by atoms with Gasteiger partial charge in [0.25, 0.3) is 0 Å². The van der Waals surface area contributed by atoms with E-state index in [1.54, 1.807) is 18.3 Å². The van der Waals surface area contributed by atoms with Gasteiger partial charge in [-0.1, -0.05) is 0 Å². The molecule has 0 unspecified atom stereocenters. The predicted molar refractivity (Wildman–Crippen MR) is 147 cm³/mol. The fraction of sp³-hybridized carbons (Fsp3) is 0.370. The average molecular weight is 518 g/mol. The zero-order valence-corrected chi connectivity index (χ0v) is 21.5. The summed E-state index contributed by atoms with van der Waals surface area (Å²) in [6.07, 6.45) is 1.68. The Balaban J connectivity index is 1.11. The van der Waals surface area contributed by atoms with Crippen LogP contribution in [0, 0.1) is 5.82 Å². The first-order chi connectivity index (χ1) is 18.6. The van der Waals surface area contributed by atoms with Gasteiger partial charge in [0.15, 0.2) is 0 Å².